The van der Waals surface area contributed by atoms with Crippen molar-refractivity contribution in [3.63, 3.8) is 0 Å². The summed E-state index contributed by atoms with van der Waals surface area (Å²) in [5.41, 5.74) is -0.313. The number of urea groups is 1. The minimum absolute atomic E-state index is 0.000736. The fourth-order valence-corrected chi connectivity index (χ4v) is 4.23. The quantitative estimate of drug-likeness (QED) is 0.706. The normalized spacial score (nSPS) is 48.9. The Balaban J connectivity index is 1.75. The average molecular weight is 281 g/mol. The second-order valence-electron chi connectivity index (χ2n) is 6.74. The Morgan fingerprint density at radius 3 is 2.70 bits per heavy atom. The Kier molecular flexibility index (Phi) is 2.89. The molecule has 0 spiro atoms. The lowest BCUT2D eigenvalue weighted by Crippen LogP contribution is -2.58. The van der Waals surface area contributed by atoms with Crippen molar-refractivity contribution in [3.8, 4) is 0 Å². The lowest BCUT2D eigenvalue weighted by atomic mass is 9.99. The Morgan fingerprint density at radius 2 is 2.20 bits per heavy atom. The maximum atomic E-state index is 12.1. The highest BCUT2D eigenvalue weighted by atomic mass is 16.5. The second kappa shape index (κ2) is 4.18. The van der Waals surface area contributed by atoms with Crippen molar-refractivity contribution in [3.05, 3.63) is 0 Å². The number of ether oxygens (including phenoxy) is 1. The number of hydrogen-bond acceptors (Lipinski definition) is 4. The molecule has 112 valence electrons. The number of carbonyl (C=O) groups excluding carboxylic acids is 1. The lowest BCUT2D eigenvalue weighted by Gasteiger charge is -2.39. The van der Waals surface area contributed by atoms with Gasteiger partial charge in [0.25, 0.3) is 0 Å². The van der Waals surface area contributed by atoms with Crippen molar-refractivity contribution in [2.24, 2.45) is 23.7 Å². The highest BCUT2D eigenvalue weighted by Crippen LogP contribution is 2.65. The molecular formula is C14H23N3O3. The van der Waals surface area contributed by atoms with Gasteiger partial charge in [0.15, 0.2) is 0 Å². The van der Waals surface area contributed by atoms with Gasteiger partial charge in [-0.15, -0.1) is 0 Å². The van der Waals surface area contributed by atoms with E-state index in [1.807, 2.05) is 13.8 Å². The Morgan fingerprint density at radius 1 is 1.55 bits per heavy atom. The maximum Gasteiger partial charge on any atom is 0.324 e. The Labute approximate surface area is 119 Å². The van der Waals surface area contributed by atoms with Crippen molar-refractivity contribution >= 4 is 11.9 Å². The SMILES string of the molecule is CC1CN(C2OC3(C)C(C(C)O)C3C2C)C(=O)NC1=N. The summed E-state index contributed by atoms with van der Waals surface area (Å²) in [5, 5.41) is 20.1. The number of fused-ring (bicyclic) bond motifs is 1. The van der Waals surface area contributed by atoms with Crippen LogP contribution >= 0.6 is 0 Å². The van der Waals surface area contributed by atoms with E-state index < -0.39 is 0 Å². The largest absolute Gasteiger partial charge is 0.393 e. The fraction of sp³-hybridized carbons (Fsp3) is 0.857. The summed E-state index contributed by atoms with van der Waals surface area (Å²) in [6.45, 7) is 8.35. The van der Waals surface area contributed by atoms with E-state index in [0.29, 0.717) is 12.5 Å². The van der Waals surface area contributed by atoms with Gasteiger partial charge in [0.1, 0.15) is 12.1 Å². The first-order valence-corrected chi connectivity index (χ1v) is 7.29. The lowest BCUT2D eigenvalue weighted by molar-refractivity contribution is -0.0963. The highest BCUT2D eigenvalue weighted by Gasteiger charge is 2.73. The third-order valence-electron chi connectivity index (χ3n) is 5.29. The number of amides is 2. The summed E-state index contributed by atoms with van der Waals surface area (Å²) >= 11 is 0. The first-order valence-electron chi connectivity index (χ1n) is 7.29. The van der Waals surface area contributed by atoms with E-state index in [1.165, 1.54) is 0 Å². The van der Waals surface area contributed by atoms with Crippen LogP contribution in [0.2, 0.25) is 0 Å². The van der Waals surface area contributed by atoms with E-state index in [-0.39, 0.29) is 47.6 Å². The minimum atomic E-state index is -0.379. The maximum absolute atomic E-state index is 12.1. The smallest absolute Gasteiger partial charge is 0.324 e. The molecule has 6 nitrogen and oxygen atoms in total. The monoisotopic (exact) mass is 281 g/mol. The Hall–Kier alpha value is -1.14. The van der Waals surface area contributed by atoms with Crippen LogP contribution in [-0.2, 0) is 4.74 Å². The summed E-state index contributed by atoms with van der Waals surface area (Å²) in [5.74, 6) is 0.940. The molecular weight excluding hydrogens is 258 g/mol. The molecule has 0 aromatic rings. The molecule has 2 saturated heterocycles. The number of amidine groups is 1. The van der Waals surface area contributed by atoms with Gasteiger partial charge in [0.2, 0.25) is 0 Å². The van der Waals surface area contributed by atoms with E-state index in [9.17, 15) is 9.90 Å². The van der Waals surface area contributed by atoms with Crippen LogP contribution in [0.4, 0.5) is 4.79 Å². The molecule has 6 heteroatoms. The summed E-state index contributed by atoms with van der Waals surface area (Å²) < 4.78 is 6.14. The summed E-state index contributed by atoms with van der Waals surface area (Å²) in [4.78, 5) is 13.8. The minimum Gasteiger partial charge on any atom is -0.393 e. The van der Waals surface area contributed by atoms with E-state index in [1.54, 1.807) is 11.8 Å². The molecule has 3 fully saturated rings. The molecule has 2 heterocycles. The molecule has 7 atom stereocenters. The molecule has 2 aliphatic heterocycles. The average Bonchev–Trinajstić information content (AvgIpc) is 2.88. The second-order valence-corrected chi connectivity index (χ2v) is 6.74. The van der Waals surface area contributed by atoms with Crippen molar-refractivity contribution in [2.45, 2.75) is 45.6 Å². The number of nitrogens with one attached hydrogen (secondary N) is 2. The van der Waals surface area contributed by atoms with Gasteiger partial charge in [-0.25, -0.2) is 4.79 Å². The van der Waals surface area contributed by atoms with Crippen LogP contribution in [0.1, 0.15) is 27.7 Å². The van der Waals surface area contributed by atoms with Gasteiger partial charge >= 0.3 is 6.03 Å². The van der Waals surface area contributed by atoms with Gasteiger partial charge in [-0.1, -0.05) is 13.8 Å². The van der Waals surface area contributed by atoms with Gasteiger partial charge in [-0.3, -0.25) is 15.6 Å². The van der Waals surface area contributed by atoms with Crippen molar-refractivity contribution in [1.29, 1.82) is 5.41 Å². The third kappa shape index (κ3) is 1.71. The van der Waals surface area contributed by atoms with Crippen LogP contribution in [-0.4, -0.2) is 46.4 Å². The predicted molar refractivity (Wildman–Crippen MR) is 73.2 cm³/mol. The van der Waals surface area contributed by atoms with E-state index in [0.717, 1.165) is 0 Å². The van der Waals surface area contributed by atoms with Crippen LogP contribution in [0, 0.1) is 29.1 Å². The Bertz CT molecular complexity index is 467. The van der Waals surface area contributed by atoms with Crippen LogP contribution in [0.3, 0.4) is 0 Å². The van der Waals surface area contributed by atoms with Crippen molar-refractivity contribution in [2.75, 3.05) is 6.54 Å². The topological polar surface area (TPSA) is 85.7 Å². The zero-order chi connectivity index (χ0) is 14.8. The zero-order valence-corrected chi connectivity index (χ0v) is 12.4. The fourth-order valence-electron chi connectivity index (χ4n) is 4.23. The van der Waals surface area contributed by atoms with Gasteiger partial charge in [-0.2, -0.15) is 0 Å². The molecule has 3 aliphatic rings. The van der Waals surface area contributed by atoms with Gasteiger partial charge in [0, 0.05) is 30.2 Å². The zero-order valence-electron chi connectivity index (χ0n) is 12.4. The molecule has 2 amide bonds. The highest BCUT2D eigenvalue weighted by molar-refractivity contribution is 5.99. The van der Waals surface area contributed by atoms with E-state index >= 15 is 0 Å². The summed E-state index contributed by atoms with van der Waals surface area (Å²) in [7, 11) is 0. The van der Waals surface area contributed by atoms with E-state index in [4.69, 9.17) is 10.1 Å². The molecule has 3 N–H and O–H groups in total. The molecule has 7 unspecified atom stereocenters. The van der Waals surface area contributed by atoms with Crippen LogP contribution in [0.15, 0.2) is 0 Å². The molecule has 20 heavy (non-hydrogen) atoms. The first-order chi connectivity index (χ1) is 9.27. The van der Waals surface area contributed by atoms with Crippen molar-refractivity contribution < 1.29 is 14.6 Å². The number of aliphatic hydroxyl groups excluding tert-OH is 1. The molecule has 1 saturated carbocycles. The molecule has 0 aromatic heterocycles. The molecule has 3 rings (SSSR count). The van der Waals surface area contributed by atoms with Crippen LogP contribution in [0.5, 0.6) is 0 Å². The standard InChI is InChI=1S/C14H23N3O3/c1-6-5-17(13(19)16-11(6)15)12-7(2)9-10(8(3)18)14(9,4)20-12/h6-10,12,18H,5H2,1-4H3,(H2,15,16,19). The molecule has 1 aliphatic carbocycles. The van der Waals surface area contributed by atoms with Gasteiger partial charge < -0.3 is 9.84 Å². The van der Waals surface area contributed by atoms with E-state index in [2.05, 4.69) is 12.2 Å². The van der Waals surface area contributed by atoms with Crippen LogP contribution in [0.25, 0.3) is 0 Å². The number of aliphatic hydroxyl groups is 1. The number of nitrogens with zero attached hydrogens (tertiary/aromatic N) is 1. The van der Waals surface area contributed by atoms with Gasteiger partial charge in [-0.05, 0) is 13.8 Å². The number of carbonyl (C=O) groups is 1. The molecule has 0 radical (unpaired) electrons. The summed E-state index contributed by atoms with van der Waals surface area (Å²) in [6, 6.07) is -0.247. The van der Waals surface area contributed by atoms with Crippen LogP contribution < -0.4 is 5.32 Å². The molecule has 0 bridgehead atoms. The predicted octanol–water partition coefficient (Wildman–Crippen LogP) is 1.00. The van der Waals surface area contributed by atoms with Crippen molar-refractivity contribution in [1.82, 2.24) is 10.2 Å². The van der Waals surface area contributed by atoms with Gasteiger partial charge in [0.05, 0.1) is 11.7 Å². The number of hydrogen-bond donors (Lipinski definition) is 3. The first kappa shape index (κ1) is 13.8. The number of rotatable bonds is 2. The third-order valence-corrected chi connectivity index (χ3v) is 5.29. The molecule has 0 aromatic carbocycles. The summed E-state index contributed by atoms with van der Waals surface area (Å²) in [6.07, 6.45) is -0.633.